The largest absolute Gasteiger partial charge is 0.460 e. The van der Waals surface area contributed by atoms with Crippen molar-refractivity contribution in [1.82, 2.24) is 14.8 Å². The molecule has 0 saturated heterocycles. The van der Waals surface area contributed by atoms with Crippen molar-refractivity contribution in [3.8, 4) is 0 Å². The first-order valence-corrected chi connectivity index (χ1v) is 18.7. The number of nitrogens with zero attached hydrogens (tertiary/aromatic N) is 3. The van der Waals surface area contributed by atoms with E-state index in [9.17, 15) is 14.7 Å². The lowest BCUT2D eigenvalue weighted by atomic mass is 9.52. The van der Waals surface area contributed by atoms with Gasteiger partial charge in [-0.1, -0.05) is 44.2 Å². The van der Waals surface area contributed by atoms with E-state index in [2.05, 4.69) is 62.0 Å². The minimum atomic E-state index is -0.680. The maximum Gasteiger partial charge on any atom is 0.312 e. The fourth-order valence-corrected chi connectivity index (χ4v) is 9.33. The number of aliphatic hydroxyl groups is 1. The second-order valence-electron chi connectivity index (χ2n) is 17.4. The molecule has 8 heteroatoms. The van der Waals surface area contributed by atoms with Crippen LogP contribution >= 0.6 is 0 Å². The molecule has 1 N–H and O–H groups in total. The highest BCUT2D eigenvalue weighted by atomic mass is 16.6. The number of carbonyl (C=O) groups is 2. The van der Waals surface area contributed by atoms with E-state index in [-0.39, 0.29) is 23.9 Å². The smallest absolute Gasteiger partial charge is 0.312 e. The van der Waals surface area contributed by atoms with E-state index in [0.717, 1.165) is 57.8 Å². The molecule has 4 aliphatic rings. The van der Waals surface area contributed by atoms with Gasteiger partial charge in [0.1, 0.15) is 23.9 Å². The summed E-state index contributed by atoms with van der Waals surface area (Å²) in [6.07, 6.45) is 14.6. The SMILES string of the molecule is CCC(CCC(C)(CCC(CCC(C)(CC)C(=O)OC12CC3CC(CC(O)(C3)C1)C2)c1ccccc1)C(=O)OC(C)(C)C)n1cncn1. The molecule has 0 aliphatic heterocycles. The Morgan fingerprint density at radius 2 is 1.54 bits per heavy atom. The van der Waals surface area contributed by atoms with Crippen molar-refractivity contribution in [2.75, 3.05) is 0 Å². The van der Waals surface area contributed by atoms with E-state index in [4.69, 9.17) is 9.47 Å². The van der Waals surface area contributed by atoms with Gasteiger partial charge in [-0.25, -0.2) is 9.67 Å². The first kappa shape index (κ1) is 36.5. The molecule has 2 aromatic rings. The number of esters is 2. The van der Waals surface area contributed by atoms with Crippen LogP contribution in [0.2, 0.25) is 0 Å². The molecule has 266 valence electrons. The van der Waals surface area contributed by atoms with Crippen molar-refractivity contribution in [2.24, 2.45) is 22.7 Å². The summed E-state index contributed by atoms with van der Waals surface area (Å²) in [6.45, 7) is 14.1. The number of carbonyl (C=O) groups excluding carboxylic acids is 2. The van der Waals surface area contributed by atoms with Crippen LogP contribution in [-0.4, -0.2) is 48.6 Å². The molecule has 0 radical (unpaired) electrons. The zero-order chi connectivity index (χ0) is 34.8. The van der Waals surface area contributed by atoms with E-state index >= 15 is 0 Å². The van der Waals surface area contributed by atoms with Crippen molar-refractivity contribution in [3.05, 3.63) is 48.5 Å². The fourth-order valence-electron chi connectivity index (χ4n) is 9.33. The molecule has 4 aliphatic carbocycles. The van der Waals surface area contributed by atoms with Gasteiger partial charge in [0.25, 0.3) is 0 Å². The maximum absolute atomic E-state index is 14.1. The first-order valence-electron chi connectivity index (χ1n) is 18.7. The number of benzene rings is 1. The molecule has 48 heavy (non-hydrogen) atoms. The Labute approximate surface area is 288 Å². The summed E-state index contributed by atoms with van der Waals surface area (Å²) >= 11 is 0. The minimum absolute atomic E-state index is 0.111. The van der Waals surface area contributed by atoms with Crippen molar-refractivity contribution < 1.29 is 24.2 Å². The molecule has 4 saturated carbocycles. The Bertz CT molecular complexity index is 1360. The third-order valence-corrected chi connectivity index (χ3v) is 12.1. The number of hydrogen-bond acceptors (Lipinski definition) is 7. The van der Waals surface area contributed by atoms with Crippen LogP contribution in [0, 0.1) is 22.7 Å². The van der Waals surface area contributed by atoms with Crippen molar-refractivity contribution >= 4 is 11.9 Å². The van der Waals surface area contributed by atoms with Gasteiger partial charge in [0, 0.05) is 6.42 Å². The number of ether oxygens (including phenoxy) is 2. The second kappa shape index (κ2) is 14.2. The van der Waals surface area contributed by atoms with E-state index in [1.165, 1.54) is 5.56 Å². The maximum atomic E-state index is 14.1. The van der Waals surface area contributed by atoms with Gasteiger partial charge in [0.05, 0.1) is 22.5 Å². The monoisotopic (exact) mass is 663 g/mol. The van der Waals surface area contributed by atoms with Gasteiger partial charge < -0.3 is 14.6 Å². The molecule has 0 amide bonds. The summed E-state index contributed by atoms with van der Waals surface area (Å²) in [5.74, 6) is 0.823. The summed E-state index contributed by atoms with van der Waals surface area (Å²) in [5, 5.41) is 15.6. The quantitative estimate of drug-likeness (QED) is 0.179. The lowest BCUT2D eigenvalue weighted by Gasteiger charge is -2.59. The minimum Gasteiger partial charge on any atom is -0.460 e. The number of hydrogen-bond donors (Lipinski definition) is 1. The third-order valence-electron chi connectivity index (χ3n) is 12.1. The second-order valence-corrected chi connectivity index (χ2v) is 17.4. The Hall–Kier alpha value is -2.74. The molecular formula is C40H61N3O5. The fraction of sp³-hybridized carbons (Fsp3) is 0.750. The predicted molar refractivity (Wildman–Crippen MR) is 187 cm³/mol. The lowest BCUT2D eigenvalue weighted by molar-refractivity contribution is -0.226. The van der Waals surface area contributed by atoms with E-state index in [0.29, 0.717) is 43.9 Å². The molecule has 0 spiro atoms. The Balaban J connectivity index is 1.30. The van der Waals surface area contributed by atoms with Crippen LogP contribution in [0.25, 0.3) is 0 Å². The van der Waals surface area contributed by atoms with Crippen molar-refractivity contribution in [1.29, 1.82) is 0 Å². The molecule has 4 bridgehead atoms. The highest BCUT2D eigenvalue weighted by Crippen LogP contribution is 2.59. The van der Waals surface area contributed by atoms with Gasteiger partial charge in [-0.2, -0.15) is 5.10 Å². The van der Waals surface area contributed by atoms with E-state index < -0.39 is 27.6 Å². The molecule has 6 atom stereocenters. The Kier molecular flexibility index (Phi) is 10.8. The van der Waals surface area contributed by atoms with Gasteiger partial charge in [0.2, 0.25) is 0 Å². The van der Waals surface area contributed by atoms with Crippen LogP contribution in [-0.2, 0) is 19.1 Å². The van der Waals surface area contributed by atoms with Gasteiger partial charge in [0.15, 0.2) is 0 Å². The van der Waals surface area contributed by atoms with E-state index in [1.54, 1.807) is 12.7 Å². The molecule has 1 aromatic carbocycles. The summed E-state index contributed by atoms with van der Waals surface area (Å²) in [5.41, 5.74) is -1.84. The van der Waals surface area contributed by atoms with Crippen LogP contribution in [0.5, 0.6) is 0 Å². The normalized spacial score (nSPS) is 28.7. The zero-order valence-corrected chi connectivity index (χ0v) is 30.7. The molecule has 1 heterocycles. The first-order chi connectivity index (χ1) is 22.6. The highest BCUT2D eigenvalue weighted by Gasteiger charge is 2.59. The van der Waals surface area contributed by atoms with Crippen LogP contribution in [0.1, 0.15) is 156 Å². The van der Waals surface area contributed by atoms with Gasteiger partial charge in [-0.05, 0) is 141 Å². The average molecular weight is 664 g/mol. The van der Waals surface area contributed by atoms with Crippen LogP contribution < -0.4 is 0 Å². The third kappa shape index (κ3) is 8.51. The molecule has 6 unspecified atom stereocenters. The van der Waals surface area contributed by atoms with Crippen LogP contribution in [0.15, 0.2) is 43.0 Å². The summed E-state index contributed by atoms with van der Waals surface area (Å²) in [7, 11) is 0. The molecule has 8 nitrogen and oxygen atoms in total. The van der Waals surface area contributed by atoms with Crippen molar-refractivity contribution in [2.45, 2.75) is 167 Å². The van der Waals surface area contributed by atoms with Gasteiger partial charge in [-0.3, -0.25) is 9.59 Å². The predicted octanol–water partition coefficient (Wildman–Crippen LogP) is 8.74. The van der Waals surface area contributed by atoms with Gasteiger partial charge >= 0.3 is 11.9 Å². The molecule has 6 rings (SSSR count). The summed E-state index contributed by atoms with van der Waals surface area (Å²) in [4.78, 5) is 32.1. The van der Waals surface area contributed by atoms with Crippen molar-refractivity contribution in [3.63, 3.8) is 0 Å². The topological polar surface area (TPSA) is 104 Å². The van der Waals surface area contributed by atoms with Gasteiger partial charge in [-0.15, -0.1) is 0 Å². The highest BCUT2D eigenvalue weighted by molar-refractivity contribution is 5.77. The molecule has 4 fully saturated rings. The Morgan fingerprint density at radius 1 is 0.917 bits per heavy atom. The molecule has 1 aromatic heterocycles. The van der Waals surface area contributed by atoms with Crippen LogP contribution in [0.3, 0.4) is 0 Å². The number of rotatable bonds is 16. The Morgan fingerprint density at radius 3 is 2.08 bits per heavy atom. The zero-order valence-electron chi connectivity index (χ0n) is 30.7. The van der Waals surface area contributed by atoms with E-state index in [1.807, 2.05) is 31.5 Å². The summed E-state index contributed by atoms with van der Waals surface area (Å²) in [6, 6.07) is 10.7. The standard InChI is InChI=1S/C40H61N3O5/c1-8-33(43-28-41-27-42-43)17-20-38(7,35(45)47-36(3,4)5)19-16-32(31-13-11-10-12-14-31)15-18-37(6,9-2)34(44)48-40-24-29-21-30(25-40)23-39(46,22-29)26-40/h10-14,27-30,32-33,46H,8-9,15-26H2,1-7H3. The lowest BCUT2D eigenvalue weighted by Crippen LogP contribution is -2.61. The average Bonchev–Trinajstić information content (AvgIpc) is 3.54. The number of aromatic nitrogens is 3. The van der Waals surface area contributed by atoms with Crippen LogP contribution in [0.4, 0.5) is 0 Å². The summed E-state index contributed by atoms with van der Waals surface area (Å²) < 4.78 is 14.5. The molecular weight excluding hydrogens is 602 g/mol.